The van der Waals surface area contributed by atoms with Gasteiger partial charge in [-0.2, -0.15) is 0 Å². The number of hydrogen-bond donors (Lipinski definition) is 1. The summed E-state index contributed by atoms with van der Waals surface area (Å²) in [4.78, 5) is 25.4. The molecule has 0 fully saturated rings. The SMILES string of the molecule is CC1=CC(N)C(C)(C2C(=O)c3cccc(Cl)c3C2=O)C=C1. The normalized spacial score (nSPS) is 31.3. The Morgan fingerprint density at radius 2 is 1.95 bits per heavy atom. The predicted octanol–water partition coefficient (Wildman–Crippen LogP) is 3.18. The molecule has 21 heavy (non-hydrogen) atoms. The average molecular weight is 302 g/mol. The van der Waals surface area contributed by atoms with Crippen LogP contribution in [-0.2, 0) is 0 Å². The van der Waals surface area contributed by atoms with E-state index in [0.29, 0.717) is 16.1 Å². The Bertz CT molecular complexity index is 720. The molecule has 4 heteroatoms. The van der Waals surface area contributed by atoms with Gasteiger partial charge in [0.2, 0.25) is 0 Å². The fourth-order valence-corrected chi connectivity index (χ4v) is 3.46. The number of fused-ring (bicyclic) bond motifs is 1. The first-order chi connectivity index (χ1) is 9.86. The maximum Gasteiger partial charge on any atom is 0.176 e. The highest BCUT2D eigenvalue weighted by atomic mass is 35.5. The van der Waals surface area contributed by atoms with E-state index in [9.17, 15) is 9.59 Å². The molecule has 0 radical (unpaired) electrons. The van der Waals surface area contributed by atoms with Crippen molar-refractivity contribution < 1.29 is 9.59 Å². The third-order valence-corrected chi connectivity index (χ3v) is 4.85. The molecule has 0 heterocycles. The molecular formula is C17H16ClNO2. The number of benzene rings is 1. The number of halogens is 1. The second-order valence-electron chi connectivity index (χ2n) is 5.96. The van der Waals surface area contributed by atoms with Crippen molar-refractivity contribution in [2.75, 3.05) is 0 Å². The van der Waals surface area contributed by atoms with Gasteiger partial charge in [0, 0.05) is 22.6 Å². The molecular weight excluding hydrogens is 286 g/mol. The molecule has 0 aliphatic heterocycles. The molecule has 3 rings (SSSR count). The maximum absolute atomic E-state index is 12.7. The summed E-state index contributed by atoms with van der Waals surface area (Å²) in [6.07, 6.45) is 5.69. The van der Waals surface area contributed by atoms with Gasteiger partial charge in [-0.05, 0) is 13.0 Å². The summed E-state index contributed by atoms with van der Waals surface area (Å²) >= 11 is 6.10. The van der Waals surface area contributed by atoms with Crippen LogP contribution in [0.1, 0.15) is 34.6 Å². The van der Waals surface area contributed by atoms with Gasteiger partial charge in [-0.15, -0.1) is 0 Å². The Kier molecular flexibility index (Phi) is 3.15. The third kappa shape index (κ3) is 1.92. The minimum Gasteiger partial charge on any atom is -0.324 e. The van der Waals surface area contributed by atoms with Gasteiger partial charge in [0.1, 0.15) is 0 Å². The molecule has 0 saturated heterocycles. The lowest BCUT2D eigenvalue weighted by molar-refractivity contribution is 0.0722. The molecule has 1 aromatic rings. The molecule has 2 aliphatic rings. The largest absolute Gasteiger partial charge is 0.324 e. The fraction of sp³-hybridized carbons (Fsp3) is 0.294. The van der Waals surface area contributed by atoms with Crippen LogP contribution in [0.4, 0.5) is 0 Å². The lowest BCUT2D eigenvalue weighted by Gasteiger charge is -2.37. The number of Topliss-reactive ketones (excluding diaryl/α,β-unsaturated/α-hetero) is 2. The standard InChI is InChI=1S/C17H16ClNO2/c1-9-6-7-17(2,12(19)8-9)14-15(20)10-4-3-5-11(18)13(10)16(14)21/h3-8,12,14H,19H2,1-2H3. The number of rotatable bonds is 1. The molecule has 2 aliphatic carbocycles. The van der Waals surface area contributed by atoms with E-state index >= 15 is 0 Å². The number of carbonyl (C=O) groups excluding carboxylic acids is 2. The van der Waals surface area contributed by atoms with Gasteiger partial charge in [-0.3, -0.25) is 9.59 Å². The smallest absolute Gasteiger partial charge is 0.176 e. The molecule has 1 aromatic carbocycles. The number of allylic oxidation sites excluding steroid dienone is 2. The average Bonchev–Trinajstić information content (AvgIpc) is 2.68. The van der Waals surface area contributed by atoms with Crippen LogP contribution in [0.3, 0.4) is 0 Å². The Morgan fingerprint density at radius 3 is 2.57 bits per heavy atom. The summed E-state index contributed by atoms with van der Waals surface area (Å²) in [7, 11) is 0. The van der Waals surface area contributed by atoms with Gasteiger partial charge in [-0.25, -0.2) is 0 Å². The molecule has 0 spiro atoms. The van der Waals surface area contributed by atoms with Crippen LogP contribution in [-0.4, -0.2) is 17.6 Å². The van der Waals surface area contributed by atoms with Crippen molar-refractivity contribution in [3.63, 3.8) is 0 Å². The summed E-state index contributed by atoms with van der Waals surface area (Å²) in [6, 6.07) is 4.60. The number of ketones is 2. The van der Waals surface area contributed by atoms with Crippen LogP contribution in [0.5, 0.6) is 0 Å². The van der Waals surface area contributed by atoms with Crippen molar-refractivity contribution in [1.29, 1.82) is 0 Å². The maximum atomic E-state index is 12.7. The highest BCUT2D eigenvalue weighted by molar-refractivity contribution is 6.38. The van der Waals surface area contributed by atoms with Crippen molar-refractivity contribution in [3.8, 4) is 0 Å². The zero-order chi connectivity index (χ0) is 15.4. The van der Waals surface area contributed by atoms with Crippen LogP contribution in [0.2, 0.25) is 5.02 Å². The topological polar surface area (TPSA) is 60.2 Å². The Labute approximate surface area is 128 Å². The summed E-state index contributed by atoms with van der Waals surface area (Å²) in [6.45, 7) is 3.80. The molecule has 0 bridgehead atoms. The molecule has 0 aromatic heterocycles. The van der Waals surface area contributed by atoms with Gasteiger partial charge < -0.3 is 5.73 Å². The van der Waals surface area contributed by atoms with Gasteiger partial charge in [-0.1, -0.05) is 54.5 Å². The third-order valence-electron chi connectivity index (χ3n) is 4.54. The molecule has 2 N–H and O–H groups in total. The van der Waals surface area contributed by atoms with Gasteiger partial charge >= 0.3 is 0 Å². The highest BCUT2D eigenvalue weighted by Gasteiger charge is 2.51. The van der Waals surface area contributed by atoms with E-state index in [1.165, 1.54) is 0 Å². The summed E-state index contributed by atoms with van der Waals surface area (Å²) in [5.41, 5.74) is 7.27. The van der Waals surface area contributed by atoms with E-state index in [2.05, 4.69) is 0 Å². The van der Waals surface area contributed by atoms with Crippen LogP contribution < -0.4 is 5.73 Å². The number of hydrogen-bond acceptors (Lipinski definition) is 3. The van der Waals surface area contributed by atoms with E-state index in [1.54, 1.807) is 18.2 Å². The lowest BCUT2D eigenvalue weighted by Crippen LogP contribution is -2.47. The Morgan fingerprint density at radius 1 is 1.24 bits per heavy atom. The predicted molar refractivity (Wildman–Crippen MR) is 82.6 cm³/mol. The zero-order valence-corrected chi connectivity index (χ0v) is 12.6. The van der Waals surface area contributed by atoms with Crippen LogP contribution >= 0.6 is 11.6 Å². The van der Waals surface area contributed by atoms with Crippen molar-refractivity contribution in [2.45, 2.75) is 19.9 Å². The van der Waals surface area contributed by atoms with E-state index < -0.39 is 11.3 Å². The van der Waals surface area contributed by atoms with Crippen LogP contribution in [0.25, 0.3) is 0 Å². The van der Waals surface area contributed by atoms with Gasteiger partial charge in [0.25, 0.3) is 0 Å². The summed E-state index contributed by atoms with van der Waals surface area (Å²) < 4.78 is 0. The monoisotopic (exact) mass is 301 g/mol. The highest BCUT2D eigenvalue weighted by Crippen LogP contribution is 2.45. The molecule has 108 valence electrons. The van der Waals surface area contributed by atoms with E-state index in [0.717, 1.165) is 5.57 Å². The van der Waals surface area contributed by atoms with E-state index in [4.69, 9.17) is 17.3 Å². The second-order valence-corrected chi connectivity index (χ2v) is 6.37. The Hall–Kier alpha value is -1.71. The van der Waals surface area contributed by atoms with Gasteiger partial charge in [0.05, 0.1) is 10.9 Å². The van der Waals surface area contributed by atoms with Crippen molar-refractivity contribution in [3.05, 3.63) is 58.1 Å². The minimum absolute atomic E-state index is 0.187. The lowest BCUT2D eigenvalue weighted by atomic mass is 9.67. The first-order valence-corrected chi connectivity index (χ1v) is 7.24. The number of nitrogens with two attached hydrogens (primary N) is 1. The number of carbonyl (C=O) groups is 2. The van der Waals surface area contributed by atoms with Crippen molar-refractivity contribution in [1.82, 2.24) is 0 Å². The zero-order valence-electron chi connectivity index (χ0n) is 11.9. The van der Waals surface area contributed by atoms with Crippen molar-refractivity contribution in [2.24, 2.45) is 17.1 Å². The molecule has 0 saturated carbocycles. The van der Waals surface area contributed by atoms with Crippen LogP contribution in [0.15, 0.2) is 42.0 Å². The first-order valence-electron chi connectivity index (χ1n) is 6.86. The van der Waals surface area contributed by atoms with Crippen LogP contribution in [0, 0.1) is 11.3 Å². The summed E-state index contributed by atoms with van der Waals surface area (Å²) in [5.74, 6) is -1.22. The minimum atomic E-state index is -0.803. The molecule has 3 nitrogen and oxygen atoms in total. The first kappa shape index (κ1) is 14.2. The van der Waals surface area contributed by atoms with E-state index in [-0.39, 0.29) is 17.6 Å². The fourth-order valence-electron chi connectivity index (χ4n) is 3.19. The Balaban J connectivity index is 2.11. The molecule has 0 amide bonds. The molecule has 3 unspecified atom stereocenters. The van der Waals surface area contributed by atoms with Crippen molar-refractivity contribution >= 4 is 23.2 Å². The van der Waals surface area contributed by atoms with Gasteiger partial charge in [0.15, 0.2) is 11.6 Å². The molecule has 3 atom stereocenters. The second kappa shape index (κ2) is 4.65. The van der Waals surface area contributed by atoms with E-state index in [1.807, 2.05) is 32.1 Å². The quantitative estimate of drug-likeness (QED) is 0.810. The summed E-state index contributed by atoms with van der Waals surface area (Å²) in [5, 5.41) is 0.331.